The molecule has 0 amide bonds. The Hall–Kier alpha value is -0.820. The summed E-state index contributed by atoms with van der Waals surface area (Å²) in [5, 5.41) is 8.60. The van der Waals surface area contributed by atoms with Crippen LogP contribution in [0.4, 0.5) is 13.2 Å². The van der Waals surface area contributed by atoms with Gasteiger partial charge in [0.25, 0.3) is 0 Å². The lowest BCUT2D eigenvalue weighted by molar-refractivity contribution is -0.184. The molecule has 0 radical (unpaired) electrons. The molecule has 0 heterocycles. The Balaban J connectivity index is 4.29. The van der Waals surface area contributed by atoms with Crippen molar-refractivity contribution in [2.75, 3.05) is 7.11 Å². The van der Waals surface area contributed by atoms with E-state index in [1.807, 2.05) is 0 Å². The van der Waals surface area contributed by atoms with E-state index in [1.165, 1.54) is 0 Å². The maximum atomic E-state index is 11.7. The van der Waals surface area contributed by atoms with E-state index in [2.05, 4.69) is 10.5 Å². The first kappa shape index (κ1) is 11.2. The van der Waals surface area contributed by atoms with Gasteiger partial charge in [-0.25, -0.2) is 4.79 Å². The number of hydrogen-bond acceptors (Lipinski definition) is 4. The number of hydrogen-bond donors (Lipinski definition) is 2. The van der Waals surface area contributed by atoms with Crippen LogP contribution in [-0.4, -0.2) is 36.5 Å². The number of halogens is 3. The molecule has 0 saturated carbocycles. The fourth-order valence-electron chi connectivity index (χ4n) is 0.446. The van der Waals surface area contributed by atoms with Gasteiger partial charge in [0.1, 0.15) is 6.04 Å². The summed E-state index contributed by atoms with van der Waals surface area (Å²) in [5.74, 6) is -1.40. The van der Waals surface area contributed by atoms with Crippen LogP contribution in [0.1, 0.15) is 0 Å². The van der Waals surface area contributed by atoms with Crippen LogP contribution in [0.5, 0.6) is 0 Å². The van der Waals surface area contributed by atoms with Crippen molar-refractivity contribution < 1.29 is 27.8 Å². The van der Waals surface area contributed by atoms with Crippen LogP contribution in [0, 0.1) is 0 Å². The molecule has 2 atom stereocenters. The zero-order valence-corrected chi connectivity index (χ0v) is 6.13. The van der Waals surface area contributed by atoms with Gasteiger partial charge in [-0.15, -0.1) is 0 Å². The summed E-state index contributed by atoms with van der Waals surface area (Å²) < 4.78 is 39.0. The van der Waals surface area contributed by atoms with Crippen molar-refractivity contribution in [1.29, 1.82) is 0 Å². The van der Waals surface area contributed by atoms with E-state index in [0.29, 0.717) is 0 Å². The van der Waals surface area contributed by atoms with Gasteiger partial charge in [-0.3, -0.25) is 0 Å². The minimum atomic E-state index is -4.81. The Morgan fingerprint density at radius 1 is 1.58 bits per heavy atom. The second-order valence-electron chi connectivity index (χ2n) is 2.04. The number of esters is 1. The van der Waals surface area contributed by atoms with Crippen molar-refractivity contribution in [2.24, 2.45) is 5.73 Å². The molecule has 0 spiro atoms. The number of methoxy groups -OCH3 is 1. The van der Waals surface area contributed by atoms with Crippen molar-refractivity contribution in [2.45, 2.75) is 18.3 Å². The Bertz CT molecular complexity index is 170. The molecule has 0 aromatic heterocycles. The summed E-state index contributed by atoms with van der Waals surface area (Å²) in [4.78, 5) is 10.3. The lowest BCUT2D eigenvalue weighted by atomic mass is 10.2. The number of alkyl halides is 3. The molecule has 0 saturated heterocycles. The van der Waals surface area contributed by atoms with E-state index in [4.69, 9.17) is 5.11 Å². The van der Waals surface area contributed by atoms with E-state index in [-0.39, 0.29) is 0 Å². The second-order valence-corrected chi connectivity index (χ2v) is 2.04. The third-order valence-electron chi connectivity index (χ3n) is 1.16. The number of aliphatic hydroxyl groups is 1. The summed E-state index contributed by atoms with van der Waals surface area (Å²) in [6.45, 7) is 0. The molecule has 4 nitrogen and oxygen atoms in total. The smallest absolute Gasteiger partial charge is 0.406 e. The van der Waals surface area contributed by atoms with E-state index in [0.717, 1.165) is 7.11 Å². The molecule has 0 rings (SSSR count). The number of aliphatic hydroxyl groups excluding tert-OH is 1. The first-order chi connectivity index (χ1) is 5.30. The molecule has 0 bridgehead atoms. The lowest BCUT2D eigenvalue weighted by Crippen LogP contribution is -2.50. The topological polar surface area (TPSA) is 72.5 Å². The predicted octanol–water partition coefficient (Wildman–Crippen LogP) is -0.590. The Kier molecular flexibility index (Phi) is 3.47. The van der Waals surface area contributed by atoms with Gasteiger partial charge in [-0.2, -0.15) is 13.2 Å². The first-order valence-corrected chi connectivity index (χ1v) is 2.89. The molecule has 0 unspecified atom stereocenters. The van der Waals surface area contributed by atoms with Gasteiger partial charge >= 0.3 is 12.1 Å². The predicted molar refractivity (Wildman–Crippen MR) is 32.1 cm³/mol. The van der Waals surface area contributed by atoms with Gasteiger partial charge in [0.15, 0.2) is 6.10 Å². The van der Waals surface area contributed by atoms with E-state index < -0.39 is 24.3 Å². The number of carbonyl (C=O) groups is 1. The highest BCUT2D eigenvalue weighted by molar-refractivity contribution is 5.75. The van der Waals surface area contributed by atoms with Crippen molar-refractivity contribution in [3.05, 3.63) is 0 Å². The van der Waals surface area contributed by atoms with E-state index >= 15 is 0 Å². The molecule has 0 aromatic carbocycles. The number of rotatable bonds is 2. The molecule has 72 valence electrons. The standard InChI is InChI=1S/C5H8F3NO3/c1-12-4(11)2(10)3(9)5(6,7)8/h2-3,10H,9H2,1H3/t2-,3-/m0/s1. The normalized spacial score (nSPS) is 16.8. The van der Waals surface area contributed by atoms with Gasteiger partial charge in [0.05, 0.1) is 7.11 Å². The van der Waals surface area contributed by atoms with Crippen LogP contribution < -0.4 is 5.73 Å². The first-order valence-electron chi connectivity index (χ1n) is 2.89. The molecule has 3 N–H and O–H groups in total. The molecule has 7 heteroatoms. The molecule has 0 aromatic rings. The molecule has 0 fully saturated rings. The highest BCUT2D eigenvalue weighted by atomic mass is 19.4. The summed E-state index contributed by atoms with van der Waals surface area (Å²) in [7, 11) is 0.856. The highest BCUT2D eigenvalue weighted by Gasteiger charge is 2.44. The number of ether oxygens (including phenoxy) is 1. The third kappa shape index (κ3) is 2.67. The Labute approximate surface area is 66.1 Å². The Morgan fingerprint density at radius 3 is 2.25 bits per heavy atom. The molecular weight excluding hydrogens is 179 g/mol. The highest BCUT2D eigenvalue weighted by Crippen LogP contribution is 2.20. The van der Waals surface area contributed by atoms with Crippen LogP contribution in [0.2, 0.25) is 0 Å². The molecular formula is C5H8F3NO3. The average molecular weight is 187 g/mol. The summed E-state index contributed by atoms with van der Waals surface area (Å²) >= 11 is 0. The van der Waals surface area contributed by atoms with Crippen molar-refractivity contribution in [3.8, 4) is 0 Å². The minimum Gasteiger partial charge on any atom is -0.467 e. The van der Waals surface area contributed by atoms with Gasteiger partial charge < -0.3 is 15.6 Å². The molecule has 0 aliphatic carbocycles. The second kappa shape index (κ2) is 3.72. The van der Waals surface area contributed by atoms with Crippen molar-refractivity contribution in [1.82, 2.24) is 0 Å². The van der Waals surface area contributed by atoms with Gasteiger partial charge in [0, 0.05) is 0 Å². The summed E-state index contributed by atoms with van der Waals surface area (Å²) in [6, 6.07) is -2.61. The maximum Gasteiger partial charge on any atom is 0.406 e. The van der Waals surface area contributed by atoms with Crippen molar-refractivity contribution >= 4 is 5.97 Å². The third-order valence-corrected chi connectivity index (χ3v) is 1.16. The average Bonchev–Trinajstić information content (AvgIpc) is 1.98. The monoisotopic (exact) mass is 187 g/mol. The molecule has 12 heavy (non-hydrogen) atoms. The fraction of sp³-hybridized carbons (Fsp3) is 0.800. The lowest BCUT2D eigenvalue weighted by Gasteiger charge is -2.18. The Morgan fingerprint density at radius 2 is 2.00 bits per heavy atom. The quantitative estimate of drug-likeness (QED) is 0.567. The number of nitrogens with two attached hydrogens (primary N) is 1. The van der Waals surface area contributed by atoms with Gasteiger partial charge in [-0.1, -0.05) is 0 Å². The largest absolute Gasteiger partial charge is 0.467 e. The zero-order valence-electron chi connectivity index (χ0n) is 6.13. The zero-order chi connectivity index (χ0) is 9.94. The maximum absolute atomic E-state index is 11.7. The van der Waals surface area contributed by atoms with Gasteiger partial charge in [-0.05, 0) is 0 Å². The van der Waals surface area contributed by atoms with Crippen LogP contribution in [0.3, 0.4) is 0 Å². The fourth-order valence-corrected chi connectivity index (χ4v) is 0.446. The number of carbonyl (C=O) groups excluding carboxylic acids is 1. The van der Waals surface area contributed by atoms with E-state index in [1.54, 1.807) is 0 Å². The van der Waals surface area contributed by atoms with Crippen LogP contribution in [0.25, 0.3) is 0 Å². The van der Waals surface area contributed by atoms with E-state index in [9.17, 15) is 18.0 Å². The minimum absolute atomic E-state index is 0.856. The molecule has 0 aliphatic heterocycles. The summed E-state index contributed by atoms with van der Waals surface area (Å²) in [5.41, 5.74) is 4.49. The SMILES string of the molecule is COC(=O)[C@@H](O)[C@H](N)C(F)(F)F. The van der Waals surface area contributed by atoms with Crippen LogP contribution in [0.15, 0.2) is 0 Å². The summed E-state index contributed by atoms with van der Waals surface area (Å²) in [6.07, 6.45) is -7.18. The molecule has 0 aliphatic rings. The van der Waals surface area contributed by atoms with Crippen LogP contribution in [-0.2, 0) is 9.53 Å². The van der Waals surface area contributed by atoms with Gasteiger partial charge in [0.2, 0.25) is 0 Å². The van der Waals surface area contributed by atoms with Crippen molar-refractivity contribution in [3.63, 3.8) is 0 Å². The van der Waals surface area contributed by atoms with Crippen LogP contribution >= 0.6 is 0 Å².